The molecule has 1 heterocycles. The Bertz CT molecular complexity index is 693. The summed E-state index contributed by atoms with van der Waals surface area (Å²) in [6.07, 6.45) is -0.193. The second-order valence-corrected chi connectivity index (χ2v) is 7.52. The van der Waals surface area contributed by atoms with Gasteiger partial charge in [0.2, 0.25) is 0 Å². The molecule has 5 nitrogen and oxygen atoms in total. The average Bonchev–Trinajstić information content (AvgIpc) is 2.48. The lowest BCUT2D eigenvalue weighted by molar-refractivity contribution is 0.188. The first-order chi connectivity index (χ1) is 10.4. The molecule has 0 spiro atoms. The van der Waals surface area contributed by atoms with Gasteiger partial charge in [-0.1, -0.05) is 17.8 Å². The van der Waals surface area contributed by atoms with E-state index in [0.717, 1.165) is 5.56 Å². The van der Waals surface area contributed by atoms with Gasteiger partial charge >= 0.3 is 13.8 Å². The maximum absolute atomic E-state index is 12.3. The zero-order valence-corrected chi connectivity index (χ0v) is 14.2. The van der Waals surface area contributed by atoms with Crippen LogP contribution in [0.15, 0.2) is 46.3 Å². The van der Waals surface area contributed by atoms with E-state index in [4.69, 9.17) is 4.89 Å². The Balaban J connectivity index is 2.05. The van der Waals surface area contributed by atoms with Crippen molar-refractivity contribution in [1.82, 2.24) is 9.97 Å². The molecule has 1 N–H and O–H groups in total. The van der Waals surface area contributed by atoms with Gasteiger partial charge in [-0.3, -0.25) is 0 Å². The molecule has 0 saturated carbocycles. The number of benzene rings is 1. The molecular formula is C12H10BrF2N2O3PS. The van der Waals surface area contributed by atoms with Crippen LogP contribution in [-0.2, 0) is 10.3 Å². The van der Waals surface area contributed by atoms with E-state index in [9.17, 15) is 13.3 Å². The van der Waals surface area contributed by atoms with Crippen LogP contribution < -0.4 is 4.52 Å². The smallest absolute Gasteiger partial charge is 0.420 e. The number of hydrogen-bond acceptors (Lipinski definition) is 5. The Hall–Kier alpha value is -1.02. The Morgan fingerprint density at radius 1 is 1.36 bits per heavy atom. The minimum atomic E-state index is -4.98. The summed E-state index contributed by atoms with van der Waals surface area (Å²) in [6, 6.07) is 6.30. The molecule has 2 aromatic rings. The molecule has 1 aromatic carbocycles. The fraction of sp³-hybridized carbons (Fsp3) is 0.167. The molecule has 2 rings (SSSR count). The van der Waals surface area contributed by atoms with E-state index in [0.29, 0.717) is 15.4 Å². The summed E-state index contributed by atoms with van der Waals surface area (Å²) in [5.74, 6) is 0.435. The molecule has 1 unspecified atom stereocenters. The molecule has 22 heavy (non-hydrogen) atoms. The van der Waals surface area contributed by atoms with Gasteiger partial charge < -0.3 is 9.42 Å². The molecule has 0 amide bonds. The molecule has 1 atom stereocenters. The zero-order valence-electron chi connectivity index (χ0n) is 10.9. The van der Waals surface area contributed by atoms with Crippen LogP contribution in [-0.4, -0.2) is 21.0 Å². The van der Waals surface area contributed by atoms with Crippen molar-refractivity contribution in [1.29, 1.82) is 0 Å². The van der Waals surface area contributed by atoms with Gasteiger partial charge in [-0.15, -0.1) is 0 Å². The predicted molar refractivity (Wildman–Crippen MR) is 82.2 cm³/mol. The van der Waals surface area contributed by atoms with Gasteiger partial charge in [0, 0.05) is 18.1 Å². The van der Waals surface area contributed by atoms with Crippen LogP contribution in [0.5, 0.6) is 5.75 Å². The van der Waals surface area contributed by atoms with E-state index in [1.807, 2.05) is 0 Å². The molecule has 0 aliphatic carbocycles. The van der Waals surface area contributed by atoms with Gasteiger partial charge in [-0.2, -0.15) is 8.78 Å². The monoisotopic (exact) mass is 410 g/mol. The molecule has 1 aromatic heterocycles. The number of aromatic nitrogens is 2. The first kappa shape index (κ1) is 17.3. The molecule has 0 saturated heterocycles. The van der Waals surface area contributed by atoms with Crippen LogP contribution in [0.1, 0.15) is 5.56 Å². The predicted octanol–water partition coefficient (Wildman–Crippen LogP) is 4.32. The fourth-order valence-electron chi connectivity index (χ4n) is 1.40. The first-order valence-electron chi connectivity index (χ1n) is 5.87. The maximum Gasteiger partial charge on any atom is 0.442 e. The molecule has 0 radical (unpaired) electrons. The maximum atomic E-state index is 12.3. The second-order valence-electron chi connectivity index (χ2n) is 4.02. The fourth-order valence-corrected chi connectivity index (χ4v) is 3.30. The van der Waals surface area contributed by atoms with Gasteiger partial charge in [0.05, 0.1) is 4.47 Å². The highest BCUT2D eigenvalue weighted by Gasteiger charge is 2.34. The molecule has 0 aliphatic rings. The number of nitrogens with zero attached hydrogens (tertiary/aromatic N) is 2. The summed E-state index contributed by atoms with van der Waals surface area (Å²) in [4.78, 5) is 17.2. The van der Waals surface area contributed by atoms with E-state index in [-0.39, 0.29) is 5.75 Å². The van der Waals surface area contributed by atoms with Crippen LogP contribution in [0, 0.1) is 0 Å². The minimum Gasteiger partial charge on any atom is -0.420 e. The largest absolute Gasteiger partial charge is 0.442 e. The van der Waals surface area contributed by atoms with Crippen LogP contribution in [0.2, 0.25) is 0 Å². The van der Waals surface area contributed by atoms with Crippen molar-refractivity contribution in [2.75, 3.05) is 0 Å². The molecule has 0 fully saturated rings. The SMILES string of the molecule is O=P(O)(Oc1ccc(CSc2ncccn2)cc1Br)C(F)F. The topological polar surface area (TPSA) is 72.3 Å². The van der Waals surface area contributed by atoms with Gasteiger partial charge in [-0.05, 0) is 39.7 Å². The average molecular weight is 411 g/mol. The van der Waals surface area contributed by atoms with Crippen molar-refractivity contribution in [3.63, 3.8) is 0 Å². The van der Waals surface area contributed by atoms with Gasteiger partial charge in [0.25, 0.3) is 0 Å². The van der Waals surface area contributed by atoms with Gasteiger partial charge in [0.15, 0.2) is 5.16 Å². The van der Waals surface area contributed by atoms with Crippen LogP contribution >= 0.6 is 35.3 Å². The van der Waals surface area contributed by atoms with Gasteiger partial charge in [-0.25, -0.2) is 14.5 Å². The molecule has 0 aliphatic heterocycles. The van der Waals surface area contributed by atoms with Gasteiger partial charge in [0.1, 0.15) is 5.75 Å². The van der Waals surface area contributed by atoms with Crippen molar-refractivity contribution in [3.05, 3.63) is 46.7 Å². The lowest BCUT2D eigenvalue weighted by atomic mass is 10.2. The van der Waals surface area contributed by atoms with Crippen molar-refractivity contribution < 1.29 is 22.8 Å². The van der Waals surface area contributed by atoms with Crippen LogP contribution in [0.25, 0.3) is 0 Å². The van der Waals surface area contributed by atoms with Crippen molar-refractivity contribution >= 4 is 35.3 Å². The van der Waals surface area contributed by atoms with E-state index in [2.05, 4.69) is 30.4 Å². The summed E-state index contributed by atoms with van der Waals surface area (Å²) in [5.41, 5.74) is 0.849. The van der Waals surface area contributed by atoms with Crippen LogP contribution in [0.4, 0.5) is 8.78 Å². The number of halogens is 3. The second kappa shape index (κ2) is 7.50. The molecule has 10 heteroatoms. The zero-order chi connectivity index (χ0) is 16.2. The van der Waals surface area contributed by atoms with Crippen molar-refractivity contribution in [2.45, 2.75) is 17.1 Å². The Morgan fingerprint density at radius 3 is 2.64 bits per heavy atom. The quantitative estimate of drug-likeness (QED) is 0.434. The molecule has 118 valence electrons. The summed E-state index contributed by atoms with van der Waals surface area (Å²) in [6.45, 7) is 0. The van der Waals surface area contributed by atoms with E-state index in [1.165, 1.54) is 17.8 Å². The summed E-state index contributed by atoms with van der Waals surface area (Å²) >= 11 is 4.53. The minimum absolute atomic E-state index is 0.115. The highest BCUT2D eigenvalue weighted by atomic mass is 79.9. The van der Waals surface area contributed by atoms with E-state index < -0.39 is 13.8 Å². The summed E-state index contributed by atoms with van der Waals surface area (Å²) < 4.78 is 40.7. The Labute approximate surface area is 137 Å². The third-order valence-electron chi connectivity index (χ3n) is 2.38. The van der Waals surface area contributed by atoms with E-state index >= 15 is 0 Å². The number of rotatable bonds is 6. The van der Waals surface area contributed by atoms with Crippen molar-refractivity contribution in [3.8, 4) is 5.75 Å². The first-order valence-corrected chi connectivity index (χ1v) is 9.29. The number of thioether (sulfide) groups is 1. The van der Waals surface area contributed by atoms with Crippen molar-refractivity contribution in [2.24, 2.45) is 0 Å². The van der Waals surface area contributed by atoms with Crippen LogP contribution in [0.3, 0.4) is 0 Å². The third-order valence-corrected chi connectivity index (χ3v) is 4.90. The molecule has 0 bridgehead atoms. The highest BCUT2D eigenvalue weighted by molar-refractivity contribution is 9.10. The lowest BCUT2D eigenvalue weighted by Gasteiger charge is -2.14. The Morgan fingerprint density at radius 2 is 2.05 bits per heavy atom. The third kappa shape index (κ3) is 4.74. The van der Waals surface area contributed by atoms with E-state index in [1.54, 1.807) is 30.6 Å². The highest BCUT2D eigenvalue weighted by Crippen LogP contribution is 2.50. The number of hydrogen-bond donors (Lipinski definition) is 1. The lowest BCUT2D eigenvalue weighted by Crippen LogP contribution is -2.01. The summed E-state index contributed by atoms with van der Waals surface area (Å²) in [5, 5.41) is 0.608. The normalized spacial score (nSPS) is 13.9. The standard InChI is InChI=1S/C12H10BrF2N2O3PS/c13-9-6-8(7-22-12-16-4-1-5-17-12)2-3-10(9)20-21(18,19)11(14)15/h1-6,11H,7H2,(H,18,19). The summed E-state index contributed by atoms with van der Waals surface area (Å²) in [7, 11) is -4.98. The molecular weight excluding hydrogens is 401 g/mol. The Kier molecular flexibility index (Phi) is 5.91. The number of alkyl halides is 2.